The first-order valence-electron chi connectivity index (χ1n) is 8.28. The number of carbonyl (C=O) groups is 2. The molecule has 2 rings (SSSR count). The molecule has 0 bridgehead atoms. The van der Waals surface area contributed by atoms with E-state index in [1.54, 1.807) is 45.2 Å². The molecule has 0 fully saturated rings. The van der Waals surface area contributed by atoms with Crippen molar-refractivity contribution in [1.29, 1.82) is 0 Å². The van der Waals surface area contributed by atoms with Crippen LogP contribution in [-0.4, -0.2) is 30.3 Å². The molecule has 6 heteroatoms. The number of carbonyl (C=O) groups excluding carboxylic acids is 2. The van der Waals surface area contributed by atoms with E-state index >= 15 is 0 Å². The van der Waals surface area contributed by atoms with Crippen molar-refractivity contribution in [3.8, 4) is 5.75 Å². The lowest BCUT2D eigenvalue weighted by Gasteiger charge is -2.16. The van der Waals surface area contributed by atoms with Gasteiger partial charge in [0, 0.05) is 10.6 Å². The van der Waals surface area contributed by atoms with Crippen molar-refractivity contribution in [1.82, 2.24) is 0 Å². The number of hydrogen-bond donors (Lipinski definition) is 1. The lowest BCUT2D eigenvalue weighted by atomic mass is 10.2. The number of thioether (sulfide) groups is 1. The molecule has 1 N–H and O–H groups in total. The number of rotatable bonds is 7. The minimum atomic E-state index is -0.884. The Labute approximate surface area is 158 Å². The minimum Gasteiger partial charge on any atom is -0.497 e. The number of nitrogens with one attached hydrogen (secondary N) is 1. The van der Waals surface area contributed by atoms with E-state index in [0.717, 1.165) is 10.5 Å². The van der Waals surface area contributed by atoms with Crippen molar-refractivity contribution in [3.05, 3.63) is 54.1 Å². The molecule has 1 amide bonds. The summed E-state index contributed by atoms with van der Waals surface area (Å²) in [5, 5.41) is 2.31. The molecule has 26 heavy (non-hydrogen) atoms. The van der Waals surface area contributed by atoms with E-state index in [0.29, 0.717) is 11.4 Å². The lowest BCUT2D eigenvalue weighted by Crippen LogP contribution is -2.32. The van der Waals surface area contributed by atoms with Gasteiger partial charge in [0.15, 0.2) is 6.10 Å². The highest BCUT2D eigenvalue weighted by atomic mass is 32.2. The smallest absolute Gasteiger partial charge is 0.319 e. The lowest BCUT2D eigenvalue weighted by molar-refractivity contribution is -0.152. The molecule has 0 radical (unpaired) electrons. The maximum absolute atomic E-state index is 12.2. The van der Waals surface area contributed by atoms with E-state index in [-0.39, 0.29) is 5.91 Å². The van der Waals surface area contributed by atoms with Crippen LogP contribution in [0.2, 0.25) is 0 Å². The van der Waals surface area contributed by atoms with Gasteiger partial charge in [-0.05, 0) is 57.2 Å². The van der Waals surface area contributed by atoms with Crippen molar-refractivity contribution in [2.24, 2.45) is 0 Å². The van der Waals surface area contributed by atoms with Crippen LogP contribution < -0.4 is 10.1 Å². The summed E-state index contributed by atoms with van der Waals surface area (Å²) >= 11 is 1.40. The van der Waals surface area contributed by atoms with Crippen molar-refractivity contribution in [2.75, 3.05) is 12.4 Å². The van der Waals surface area contributed by atoms with Crippen LogP contribution in [0.4, 0.5) is 5.69 Å². The molecule has 0 unspecified atom stereocenters. The quantitative estimate of drug-likeness (QED) is 0.586. The fourth-order valence-electron chi connectivity index (χ4n) is 2.11. The van der Waals surface area contributed by atoms with Crippen LogP contribution in [0.3, 0.4) is 0 Å². The molecule has 0 aliphatic carbocycles. The fourth-order valence-corrected chi connectivity index (χ4v) is 2.96. The van der Waals surface area contributed by atoms with Crippen LogP contribution in [0.1, 0.15) is 19.4 Å². The van der Waals surface area contributed by atoms with Crippen LogP contribution in [0.25, 0.3) is 0 Å². The van der Waals surface area contributed by atoms with E-state index in [1.165, 1.54) is 11.8 Å². The predicted molar refractivity (Wildman–Crippen MR) is 104 cm³/mol. The highest BCUT2D eigenvalue weighted by Gasteiger charge is 2.22. The zero-order chi connectivity index (χ0) is 19.1. The summed E-state index contributed by atoms with van der Waals surface area (Å²) in [6.07, 6.45) is -0.884. The van der Waals surface area contributed by atoms with E-state index in [4.69, 9.17) is 9.47 Å². The number of amides is 1. The predicted octanol–water partition coefficient (Wildman–Crippen LogP) is 4.05. The first kappa shape index (κ1) is 19.8. The van der Waals surface area contributed by atoms with Gasteiger partial charge in [-0.2, -0.15) is 0 Å². The number of hydrogen-bond acceptors (Lipinski definition) is 5. The van der Waals surface area contributed by atoms with Gasteiger partial charge in [0.1, 0.15) is 11.0 Å². The third kappa shape index (κ3) is 5.81. The second-order valence-corrected chi connectivity index (χ2v) is 7.28. The third-order valence-corrected chi connectivity index (χ3v) is 4.78. The molecule has 0 aliphatic heterocycles. The topological polar surface area (TPSA) is 64.6 Å². The summed E-state index contributed by atoms with van der Waals surface area (Å²) in [6, 6.07) is 14.8. The number of methoxy groups -OCH3 is 1. The minimum absolute atomic E-state index is 0.379. The molecule has 2 aromatic carbocycles. The maximum atomic E-state index is 12.2. The van der Waals surface area contributed by atoms with Crippen LogP contribution >= 0.6 is 11.8 Å². The van der Waals surface area contributed by atoms with Crippen molar-refractivity contribution in [2.45, 2.75) is 37.0 Å². The monoisotopic (exact) mass is 373 g/mol. The summed E-state index contributed by atoms with van der Waals surface area (Å²) in [4.78, 5) is 25.4. The van der Waals surface area contributed by atoms with E-state index < -0.39 is 17.3 Å². The average molecular weight is 373 g/mol. The van der Waals surface area contributed by atoms with Gasteiger partial charge in [-0.15, -0.1) is 11.8 Å². The van der Waals surface area contributed by atoms with Gasteiger partial charge in [0.2, 0.25) is 0 Å². The normalized spacial score (nSPS) is 12.8. The summed E-state index contributed by atoms with van der Waals surface area (Å²) in [5.41, 5.74) is 1.77. The summed E-state index contributed by atoms with van der Waals surface area (Å²) in [5.74, 6) is -0.103. The van der Waals surface area contributed by atoms with Gasteiger partial charge >= 0.3 is 5.97 Å². The highest BCUT2D eigenvalue weighted by Crippen LogP contribution is 2.24. The van der Waals surface area contributed by atoms with Gasteiger partial charge in [0.05, 0.1) is 7.11 Å². The fraction of sp³-hybridized carbons (Fsp3) is 0.300. The Morgan fingerprint density at radius 3 is 2.19 bits per heavy atom. The number of aryl methyl sites for hydroxylation is 1. The molecule has 2 aromatic rings. The van der Waals surface area contributed by atoms with Gasteiger partial charge in [-0.1, -0.05) is 17.7 Å². The molecule has 138 valence electrons. The van der Waals surface area contributed by atoms with Crippen LogP contribution in [0.5, 0.6) is 5.75 Å². The number of benzene rings is 2. The molecule has 2 atom stereocenters. The Balaban J connectivity index is 1.86. The molecule has 5 nitrogen and oxygen atoms in total. The Bertz CT molecular complexity index is 743. The molecular weight excluding hydrogens is 350 g/mol. The van der Waals surface area contributed by atoms with Crippen molar-refractivity contribution in [3.63, 3.8) is 0 Å². The van der Waals surface area contributed by atoms with E-state index in [1.807, 2.05) is 31.2 Å². The second-order valence-electron chi connectivity index (χ2n) is 5.87. The molecule has 0 heterocycles. The van der Waals surface area contributed by atoms with Crippen LogP contribution in [0.15, 0.2) is 53.4 Å². The maximum Gasteiger partial charge on any atom is 0.319 e. The Morgan fingerprint density at radius 2 is 1.62 bits per heavy atom. The molecule has 0 spiro atoms. The van der Waals surface area contributed by atoms with E-state index in [2.05, 4.69) is 5.32 Å². The highest BCUT2D eigenvalue weighted by molar-refractivity contribution is 8.00. The van der Waals surface area contributed by atoms with Gasteiger partial charge < -0.3 is 14.8 Å². The molecule has 0 saturated carbocycles. The van der Waals surface area contributed by atoms with Crippen LogP contribution in [-0.2, 0) is 14.3 Å². The molecule has 0 aromatic heterocycles. The van der Waals surface area contributed by atoms with E-state index in [9.17, 15) is 9.59 Å². The third-order valence-electron chi connectivity index (χ3n) is 3.69. The summed E-state index contributed by atoms with van der Waals surface area (Å²) < 4.78 is 10.4. The first-order valence-corrected chi connectivity index (χ1v) is 9.15. The van der Waals surface area contributed by atoms with Crippen LogP contribution in [0, 0.1) is 6.92 Å². The van der Waals surface area contributed by atoms with Gasteiger partial charge in [0.25, 0.3) is 5.91 Å². The average Bonchev–Trinajstić information content (AvgIpc) is 2.64. The van der Waals surface area contributed by atoms with Crippen molar-refractivity contribution < 1.29 is 19.1 Å². The standard InChI is InChI=1S/C20H23NO4S/c1-13-5-11-18(12-6-13)26-15(3)20(23)25-14(2)19(22)21-16-7-9-17(24-4)10-8-16/h5-12,14-15H,1-4H3,(H,21,22)/t14-,15-/m0/s1. The van der Waals surface area contributed by atoms with Gasteiger partial charge in [-0.3, -0.25) is 9.59 Å². The largest absolute Gasteiger partial charge is 0.497 e. The SMILES string of the molecule is COc1ccc(NC(=O)[C@H](C)OC(=O)[C@H](C)Sc2ccc(C)cc2)cc1. The molecule has 0 saturated heterocycles. The Hall–Kier alpha value is -2.47. The zero-order valence-electron chi connectivity index (χ0n) is 15.3. The number of ether oxygens (including phenoxy) is 2. The summed E-state index contributed by atoms with van der Waals surface area (Å²) in [6.45, 7) is 5.33. The zero-order valence-corrected chi connectivity index (χ0v) is 16.1. The Kier molecular flexibility index (Phi) is 7.09. The molecular formula is C20H23NO4S. The first-order chi connectivity index (χ1) is 12.4. The van der Waals surface area contributed by atoms with Gasteiger partial charge in [-0.25, -0.2) is 0 Å². The van der Waals surface area contributed by atoms with Crippen molar-refractivity contribution >= 4 is 29.3 Å². The number of anilines is 1. The summed E-state index contributed by atoms with van der Waals surface area (Å²) in [7, 11) is 1.57. The molecule has 0 aliphatic rings. The Morgan fingerprint density at radius 1 is 1.00 bits per heavy atom. The number of esters is 1. The second kappa shape index (κ2) is 9.29.